The van der Waals surface area contributed by atoms with Crippen molar-refractivity contribution in [3.63, 3.8) is 0 Å². The van der Waals surface area contributed by atoms with Crippen LogP contribution in [-0.4, -0.2) is 176 Å². The quantitative estimate of drug-likeness (QED) is 0.128. The third-order valence-electron chi connectivity index (χ3n) is 4.56. The Kier molecular flexibility index (Phi) is 15.3. The first-order valence-corrected chi connectivity index (χ1v) is 11.6. The van der Waals surface area contributed by atoms with Crippen LogP contribution in [0.4, 0.5) is 0 Å². The second-order valence-electron chi connectivity index (χ2n) is 9.17. The smallest absolute Gasteiger partial charge is 0.217 e. The third kappa shape index (κ3) is 13.0. The van der Waals surface area contributed by atoms with E-state index in [0.717, 1.165) is 57.1 Å². The van der Waals surface area contributed by atoms with Crippen molar-refractivity contribution in [1.29, 1.82) is 0 Å². The molecule has 0 aliphatic rings. The molecule has 0 amide bonds. The summed E-state index contributed by atoms with van der Waals surface area (Å²) < 4.78 is 0. The van der Waals surface area contributed by atoms with Gasteiger partial charge in [-0.25, -0.2) is 0 Å². The Morgan fingerprint density at radius 1 is 0.412 bits per heavy atom. The molecule has 13 nitrogen and oxygen atoms in total. The molecule has 200 valence electrons. The van der Waals surface area contributed by atoms with E-state index in [1.165, 1.54) is 0 Å². The maximum atomic E-state index is 4.51. The highest BCUT2D eigenvalue weighted by Crippen LogP contribution is 1.91. The summed E-state index contributed by atoms with van der Waals surface area (Å²) in [6.45, 7) is 4.74. The lowest BCUT2D eigenvalue weighted by atomic mass is 10.4. The van der Waals surface area contributed by atoms with Crippen LogP contribution in [0.1, 0.15) is 0 Å². The van der Waals surface area contributed by atoms with Crippen LogP contribution < -0.4 is 16.3 Å². The number of hydrogen-bond acceptors (Lipinski definition) is 7. The van der Waals surface area contributed by atoms with Crippen LogP contribution in [0.25, 0.3) is 0 Å². The Morgan fingerprint density at radius 2 is 0.618 bits per heavy atom. The van der Waals surface area contributed by atoms with E-state index in [2.05, 4.69) is 36.5 Å². The van der Waals surface area contributed by atoms with Gasteiger partial charge < -0.3 is 45.7 Å². The zero-order valence-corrected chi connectivity index (χ0v) is 23.7. The zero-order chi connectivity index (χ0) is 26.3. The predicted molar refractivity (Wildman–Crippen MR) is 145 cm³/mol. The average molecular weight is 486 g/mol. The van der Waals surface area contributed by atoms with Crippen LogP contribution in [0, 0.1) is 0 Å². The zero-order valence-electron chi connectivity index (χ0n) is 23.7. The topological polar surface area (TPSA) is 95.8 Å². The van der Waals surface area contributed by atoms with Crippen molar-refractivity contribution in [3.05, 3.63) is 0 Å². The van der Waals surface area contributed by atoms with Crippen molar-refractivity contribution >= 4 is 17.9 Å². The molecular weight excluding hydrogens is 434 g/mol. The van der Waals surface area contributed by atoms with E-state index in [1.807, 2.05) is 114 Å². The number of hydrazone groups is 3. The van der Waals surface area contributed by atoms with E-state index in [4.69, 9.17) is 0 Å². The Morgan fingerprint density at radius 3 is 0.794 bits per heavy atom. The molecule has 0 heterocycles. The summed E-state index contributed by atoms with van der Waals surface area (Å²) in [6.07, 6.45) is 0. The molecule has 0 atom stereocenters. The summed E-state index contributed by atoms with van der Waals surface area (Å²) in [5, 5.41) is 13.5. The molecule has 0 unspecified atom stereocenters. The van der Waals surface area contributed by atoms with Crippen LogP contribution in [0.2, 0.25) is 0 Å². The number of guanidine groups is 3. The van der Waals surface area contributed by atoms with Gasteiger partial charge in [-0.15, -0.1) is 15.3 Å². The van der Waals surface area contributed by atoms with E-state index in [0.29, 0.717) is 0 Å². The molecule has 0 aliphatic carbocycles. The fraction of sp³-hybridized carbons (Fsp3) is 0.857. The van der Waals surface area contributed by atoms with Gasteiger partial charge in [0.15, 0.2) is 0 Å². The largest absolute Gasteiger partial charge is 0.347 e. The summed E-state index contributed by atoms with van der Waals surface area (Å²) >= 11 is 0. The van der Waals surface area contributed by atoms with Crippen molar-refractivity contribution in [2.45, 2.75) is 0 Å². The number of rotatable bonds is 12. The first-order chi connectivity index (χ1) is 15.9. The Hall–Kier alpha value is -2.83. The molecule has 0 saturated carbocycles. The van der Waals surface area contributed by atoms with Crippen molar-refractivity contribution in [2.24, 2.45) is 15.3 Å². The summed E-state index contributed by atoms with van der Waals surface area (Å²) in [5.41, 5.74) is 9.59. The molecule has 34 heavy (non-hydrogen) atoms. The molecule has 0 radical (unpaired) electrons. The molecule has 0 rings (SSSR count). The van der Waals surface area contributed by atoms with Gasteiger partial charge in [0, 0.05) is 124 Å². The van der Waals surface area contributed by atoms with Gasteiger partial charge in [0.2, 0.25) is 17.9 Å². The second-order valence-corrected chi connectivity index (χ2v) is 9.17. The lowest BCUT2D eigenvalue weighted by Gasteiger charge is -2.25. The standard InChI is InChI=1S/C21H51N13/c1-28(2)19(29(3)4)25-22-13-16-34(17-14-23-26-20(30(5)6)31(7)8)18-15-24-27-21(32(9)10)33(11)12/h22-24H,13-18H2,1-12H3. The molecule has 0 spiro atoms. The SMILES string of the molecule is CN(C)C(=NNCCN(CCNN=C(N(C)C)N(C)C)CCNN=C(N(C)C)N(C)C)N(C)C. The van der Waals surface area contributed by atoms with E-state index in [1.54, 1.807) is 0 Å². The van der Waals surface area contributed by atoms with Gasteiger partial charge in [0.1, 0.15) is 0 Å². The Bertz CT molecular complexity index is 509. The average Bonchev–Trinajstić information content (AvgIpc) is 2.70. The highest BCUT2D eigenvalue weighted by Gasteiger charge is 2.08. The fourth-order valence-electron chi connectivity index (χ4n) is 3.14. The van der Waals surface area contributed by atoms with Crippen molar-refractivity contribution < 1.29 is 0 Å². The molecule has 3 N–H and O–H groups in total. The highest BCUT2D eigenvalue weighted by atomic mass is 15.5. The maximum Gasteiger partial charge on any atom is 0.217 e. The summed E-state index contributed by atoms with van der Waals surface area (Å²) in [4.78, 5) is 14.2. The van der Waals surface area contributed by atoms with E-state index >= 15 is 0 Å². The molecule has 0 bridgehead atoms. The monoisotopic (exact) mass is 485 g/mol. The van der Waals surface area contributed by atoms with Crippen molar-refractivity contribution in [1.82, 2.24) is 50.6 Å². The van der Waals surface area contributed by atoms with Crippen LogP contribution in [-0.2, 0) is 0 Å². The summed E-state index contributed by atoms with van der Waals surface area (Å²) in [6, 6.07) is 0. The third-order valence-corrected chi connectivity index (χ3v) is 4.56. The van der Waals surface area contributed by atoms with Gasteiger partial charge in [0.25, 0.3) is 0 Å². The van der Waals surface area contributed by atoms with Gasteiger partial charge in [-0.3, -0.25) is 4.90 Å². The minimum absolute atomic E-state index is 0.735. The number of nitrogens with zero attached hydrogens (tertiary/aromatic N) is 10. The van der Waals surface area contributed by atoms with Crippen molar-refractivity contribution in [2.75, 3.05) is 124 Å². The number of nitrogens with one attached hydrogen (secondary N) is 3. The molecular formula is C21H51N13. The normalized spacial score (nSPS) is 10.1. The maximum absolute atomic E-state index is 4.51. The predicted octanol–water partition coefficient (Wildman–Crippen LogP) is -1.76. The molecule has 0 fully saturated rings. The summed E-state index contributed by atoms with van der Waals surface area (Å²) in [5.74, 6) is 2.62. The van der Waals surface area contributed by atoms with E-state index < -0.39 is 0 Å². The van der Waals surface area contributed by atoms with Crippen LogP contribution >= 0.6 is 0 Å². The van der Waals surface area contributed by atoms with Gasteiger partial charge in [-0.1, -0.05) is 0 Å². The van der Waals surface area contributed by atoms with Crippen molar-refractivity contribution in [3.8, 4) is 0 Å². The van der Waals surface area contributed by atoms with E-state index in [-0.39, 0.29) is 0 Å². The molecule has 0 saturated heterocycles. The Labute approximate surface area is 208 Å². The lowest BCUT2D eigenvalue weighted by Crippen LogP contribution is -2.42. The van der Waals surface area contributed by atoms with Crippen LogP contribution in [0.3, 0.4) is 0 Å². The Balaban J connectivity index is 4.96. The molecule has 0 aromatic heterocycles. The molecule has 0 aromatic rings. The molecule has 13 heteroatoms. The number of hydrogen-bond donors (Lipinski definition) is 3. The first kappa shape index (κ1) is 31.2. The highest BCUT2D eigenvalue weighted by molar-refractivity contribution is 5.79. The summed E-state index contributed by atoms with van der Waals surface area (Å²) in [7, 11) is 23.8. The van der Waals surface area contributed by atoms with Crippen LogP contribution in [0.5, 0.6) is 0 Å². The van der Waals surface area contributed by atoms with Gasteiger partial charge in [-0.2, -0.15) is 0 Å². The van der Waals surface area contributed by atoms with Gasteiger partial charge >= 0.3 is 0 Å². The second kappa shape index (κ2) is 16.7. The lowest BCUT2D eigenvalue weighted by molar-refractivity contribution is 0.272. The molecule has 0 aliphatic heterocycles. The van der Waals surface area contributed by atoms with Gasteiger partial charge in [-0.05, 0) is 0 Å². The minimum atomic E-state index is 0.735. The fourth-order valence-corrected chi connectivity index (χ4v) is 3.14. The van der Waals surface area contributed by atoms with Gasteiger partial charge in [0.05, 0.1) is 0 Å². The first-order valence-electron chi connectivity index (χ1n) is 11.6. The van der Waals surface area contributed by atoms with Crippen LogP contribution in [0.15, 0.2) is 15.3 Å². The van der Waals surface area contributed by atoms with E-state index in [9.17, 15) is 0 Å². The minimum Gasteiger partial charge on any atom is -0.347 e. The molecule has 0 aromatic carbocycles.